The number of rotatable bonds is 5. The van der Waals surface area contributed by atoms with Gasteiger partial charge in [-0.25, -0.2) is 9.78 Å². The van der Waals surface area contributed by atoms with Gasteiger partial charge < -0.3 is 14.1 Å². The number of aromatic nitrogens is 1. The highest BCUT2D eigenvalue weighted by Crippen LogP contribution is 2.21. The summed E-state index contributed by atoms with van der Waals surface area (Å²) in [5.74, 6) is -1.24. The summed E-state index contributed by atoms with van der Waals surface area (Å²) in [7, 11) is 0. The van der Waals surface area contributed by atoms with Crippen LogP contribution in [0.5, 0.6) is 0 Å². The van der Waals surface area contributed by atoms with Gasteiger partial charge in [-0.1, -0.05) is 0 Å². The van der Waals surface area contributed by atoms with Crippen LogP contribution in [0, 0.1) is 6.92 Å². The Kier molecular flexibility index (Phi) is 5.13. The second kappa shape index (κ2) is 7.47. The number of esters is 1. The molecule has 0 bridgehead atoms. The van der Waals surface area contributed by atoms with Crippen LogP contribution >= 0.6 is 11.3 Å². The molecular weight excluding hydrogens is 346 g/mol. The zero-order valence-electron chi connectivity index (χ0n) is 13.6. The van der Waals surface area contributed by atoms with Gasteiger partial charge in [-0.3, -0.25) is 14.9 Å². The van der Waals surface area contributed by atoms with Crippen molar-refractivity contribution in [3.63, 3.8) is 0 Å². The smallest absolute Gasteiger partial charge is 0.329 e. The molecule has 0 saturated carbocycles. The fourth-order valence-electron chi connectivity index (χ4n) is 2.60. The molecule has 2 aromatic rings. The minimum absolute atomic E-state index is 0.177. The molecule has 0 radical (unpaired) electrons. The standard InChI is InChI=1S/C16H17N3O5S/c1-10-9-25-16(17-10)18-13(20)8-24-15(22)11-4-2-6-19(11)14(21)12-5-3-7-23-12/h3,5,7,9,11H,2,4,6,8H2,1H3,(H,17,18,20)/t11-/m0/s1. The summed E-state index contributed by atoms with van der Waals surface area (Å²) in [4.78, 5) is 41.9. The number of amides is 2. The SMILES string of the molecule is Cc1csc(NC(=O)COC(=O)[C@@H]2CCCN2C(=O)c2ccco2)n1. The number of nitrogens with one attached hydrogen (secondary N) is 1. The van der Waals surface area contributed by atoms with Crippen molar-refractivity contribution in [3.05, 3.63) is 35.2 Å². The van der Waals surface area contributed by atoms with Crippen molar-refractivity contribution >= 4 is 34.3 Å². The first-order valence-electron chi connectivity index (χ1n) is 7.77. The number of thiazole rings is 1. The van der Waals surface area contributed by atoms with Gasteiger partial charge in [0.15, 0.2) is 17.5 Å². The van der Waals surface area contributed by atoms with Gasteiger partial charge in [0, 0.05) is 11.9 Å². The van der Waals surface area contributed by atoms with E-state index in [2.05, 4.69) is 10.3 Å². The Labute approximate surface area is 147 Å². The monoisotopic (exact) mass is 363 g/mol. The average molecular weight is 363 g/mol. The molecular formula is C16H17N3O5S. The molecule has 132 valence electrons. The fraction of sp³-hybridized carbons (Fsp3) is 0.375. The van der Waals surface area contributed by atoms with Crippen LogP contribution in [0.25, 0.3) is 0 Å². The van der Waals surface area contributed by atoms with E-state index in [-0.39, 0.29) is 11.7 Å². The third-order valence-electron chi connectivity index (χ3n) is 3.73. The third-order valence-corrected chi connectivity index (χ3v) is 4.60. The third kappa shape index (κ3) is 4.05. The van der Waals surface area contributed by atoms with Crippen LogP contribution in [0.4, 0.5) is 5.13 Å². The summed E-state index contributed by atoms with van der Waals surface area (Å²) in [5.41, 5.74) is 0.801. The van der Waals surface area contributed by atoms with E-state index in [4.69, 9.17) is 9.15 Å². The van der Waals surface area contributed by atoms with Crippen molar-refractivity contribution in [2.75, 3.05) is 18.5 Å². The van der Waals surface area contributed by atoms with Crippen molar-refractivity contribution in [1.29, 1.82) is 0 Å². The van der Waals surface area contributed by atoms with E-state index in [1.54, 1.807) is 17.5 Å². The zero-order valence-corrected chi connectivity index (χ0v) is 14.4. The summed E-state index contributed by atoms with van der Waals surface area (Å²) in [5, 5.41) is 4.82. The van der Waals surface area contributed by atoms with E-state index >= 15 is 0 Å². The van der Waals surface area contributed by atoms with Gasteiger partial charge in [0.05, 0.1) is 12.0 Å². The lowest BCUT2D eigenvalue weighted by Gasteiger charge is -2.22. The molecule has 1 fully saturated rings. The quantitative estimate of drug-likeness (QED) is 0.813. The number of hydrogen-bond acceptors (Lipinski definition) is 7. The highest BCUT2D eigenvalue weighted by Gasteiger charge is 2.36. The van der Waals surface area contributed by atoms with E-state index in [0.29, 0.717) is 24.5 Å². The van der Waals surface area contributed by atoms with Crippen LogP contribution in [0.3, 0.4) is 0 Å². The number of hydrogen-bond donors (Lipinski definition) is 1. The maximum Gasteiger partial charge on any atom is 0.329 e. The van der Waals surface area contributed by atoms with Gasteiger partial charge in [-0.2, -0.15) is 0 Å². The topological polar surface area (TPSA) is 102 Å². The highest BCUT2D eigenvalue weighted by atomic mass is 32.1. The maximum atomic E-state index is 12.3. The first kappa shape index (κ1) is 17.2. The summed E-state index contributed by atoms with van der Waals surface area (Å²) in [6.07, 6.45) is 2.59. The minimum atomic E-state index is -0.701. The molecule has 0 aliphatic carbocycles. The zero-order chi connectivity index (χ0) is 17.8. The fourth-order valence-corrected chi connectivity index (χ4v) is 3.30. The molecule has 8 nitrogen and oxygen atoms in total. The van der Waals surface area contributed by atoms with Crippen molar-refractivity contribution in [1.82, 2.24) is 9.88 Å². The van der Waals surface area contributed by atoms with Crippen LogP contribution < -0.4 is 5.32 Å². The molecule has 1 aliphatic rings. The van der Waals surface area contributed by atoms with Gasteiger partial charge >= 0.3 is 5.97 Å². The summed E-state index contributed by atoms with van der Waals surface area (Å²) >= 11 is 1.29. The van der Waals surface area contributed by atoms with Gasteiger partial charge in [-0.15, -0.1) is 11.3 Å². The Balaban J connectivity index is 1.53. The van der Waals surface area contributed by atoms with Crippen molar-refractivity contribution in [3.8, 4) is 0 Å². The van der Waals surface area contributed by atoms with Crippen LogP contribution in [0.2, 0.25) is 0 Å². The molecule has 0 aromatic carbocycles. The van der Waals surface area contributed by atoms with Gasteiger partial charge in [-0.05, 0) is 31.9 Å². The number of nitrogens with zero attached hydrogens (tertiary/aromatic N) is 2. The summed E-state index contributed by atoms with van der Waals surface area (Å²) in [6.45, 7) is 1.84. The molecule has 1 N–H and O–H groups in total. The van der Waals surface area contributed by atoms with Crippen LogP contribution in [0.15, 0.2) is 28.2 Å². The van der Waals surface area contributed by atoms with E-state index in [1.165, 1.54) is 22.5 Å². The Morgan fingerprint density at radius 3 is 3.00 bits per heavy atom. The molecule has 1 saturated heterocycles. The lowest BCUT2D eigenvalue weighted by molar-refractivity contribution is -0.151. The number of aryl methyl sites for hydroxylation is 1. The number of ether oxygens (including phenoxy) is 1. The molecule has 9 heteroatoms. The van der Waals surface area contributed by atoms with Gasteiger partial charge in [0.2, 0.25) is 0 Å². The Hall–Kier alpha value is -2.68. The Bertz CT molecular complexity index is 771. The van der Waals surface area contributed by atoms with Crippen LogP contribution in [-0.2, 0) is 14.3 Å². The molecule has 2 amide bonds. The van der Waals surface area contributed by atoms with Gasteiger partial charge in [0.1, 0.15) is 6.04 Å². The Morgan fingerprint density at radius 1 is 1.48 bits per heavy atom. The molecule has 1 atom stereocenters. The molecule has 3 rings (SSSR count). The van der Waals surface area contributed by atoms with Crippen LogP contribution in [0.1, 0.15) is 29.1 Å². The number of furan rings is 1. The second-order valence-corrected chi connectivity index (χ2v) is 6.44. The minimum Gasteiger partial charge on any atom is -0.459 e. The van der Waals surface area contributed by atoms with E-state index in [1.807, 2.05) is 6.92 Å². The summed E-state index contributed by atoms with van der Waals surface area (Å²) < 4.78 is 10.2. The normalized spacial score (nSPS) is 16.7. The van der Waals surface area contributed by atoms with Crippen molar-refractivity contribution in [2.24, 2.45) is 0 Å². The van der Waals surface area contributed by atoms with Gasteiger partial charge in [0.25, 0.3) is 11.8 Å². The number of carbonyl (C=O) groups excluding carboxylic acids is 3. The lowest BCUT2D eigenvalue weighted by Crippen LogP contribution is -2.42. The largest absolute Gasteiger partial charge is 0.459 e. The molecule has 0 unspecified atom stereocenters. The maximum absolute atomic E-state index is 12.3. The lowest BCUT2D eigenvalue weighted by atomic mass is 10.2. The molecule has 25 heavy (non-hydrogen) atoms. The summed E-state index contributed by atoms with van der Waals surface area (Å²) in [6, 6.07) is 2.46. The van der Waals surface area contributed by atoms with E-state index in [0.717, 1.165) is 5.69 Å². The first-order chi connectivity index (χ1) is 12.0. The number of carbonyl (C=O) groups is 3. The molecule has 3 heterocycles. The van der Waals surface area contributed by atoms with E-state index in [9.17, 15) is 14.4 Å². The number of anilines is 1. The molecule has 0 spiro atoms. The number of likely N-dealkylation sites (tertiary alicyclic amines) is 1. The second-order valence-electron chi connectivity index (χ2n) is 5.58. The van der Waals surface area contributed by atoms with Crippen LogP contribution in [-0.4, -0.2) is 46.9 Å². The Morgan fingerprint density at radius 2 is 2.32 bits per heavy atom. The first-order valence-corrected chi connectivity index (χ1v) is 8.65. The predicted octanol–water partition coefficient (Wildman–Crippen LogP) is 1.83. The molecule has 1 aliphatic heterocycles. The highest BCUT2D eigenvalue weighted by molar-refractivity contribution is 7.13. The predicted molar refractivity (Wildman–Crippen MR) is 89.2 cm³/mol. The van der Waals surface area contributed by atoms with E-state index < -0.39 is 24.5 Å². The van der Waals surface area contributed by atoms with Crippen molar-refractivity contribution < 1.29 is 23.5 Å². The average Bonchev–Trinajstić information content (AvgIpc) is 3.33. The molecule has 2 aromatic heterocycles. The van der Waals surface area contributed by atoms with Crippen molar-refractivity contribution in [2.45, 2.75) is 25.8 Å².